The largest absolute Gasteiger partial charge is 0.0732 e. The van der Waals surface area contributed by atoms with Gasteiger partial charge in [0.25, 0.3) is 0 Å². The maximum atomic E-state index is 3.28. The van der Waals surface area contributed by atoms with Crippen molar-refractivity contribution in [3.8, 4) is 0 Å². The standard InChI is InChI=1S/C13H11Br/c14-9-3-4-11-7-8-12-5-1-2-6-13(12)10-11/h1-3,5-10H,4H2. The zero-order valence-corrected chi connectivity index (χ0v) is 9.37. The summed E-state index contributed by atoms with van der Waals surface area (Å²) in [6, 6.07) is 15.0. The summed E-state index contributed by atoms with van der Waals surface area (Å²) in [4.78, 5) is 1.90. The molecule has 0 aromatic heterocycles. The molecule has 1 heteroatoms. The second-order valence-corrected chi connectivity index (χ2v) is 3.78. The first-order valence-corrected chi connectivity index (χ1v) is 5.54. The molecule has 0 spiro atoms. The number of hydrogen-bond donors (Lipinski definition) is 0. The Morgan fingerprint density at radius 3 is 2.57 bits per heavy atom. The van der Waals surface area contributed by atoms with Gasteiger partial charge in [0, 0.05) is 0 Å². The van der Waals surface area contributed by atoms with Crippen molar-refractivity contribution in [1.29, 1.82) is 0 Å². The Bertz CT molecular complexity index is 457. The zero-order valence-electron chi connectivity index (χ0n) is 7.78. The molecule has 0 N–H and O–H groups in total. The molecule has 0 amide bonds. The van der Waals surface area contributed by atoms with E-state index in [9.17, 15) is 0 Å². The minimum absolute atomic E-state index is 0.982. The molecule has 2 rings (SSSR count). The van der Waals surface area contributed by atoms with Crippen LogP contribution in [0.4, 0.5) is 0 Å². The maximum absolute atomic E-state index is 3.28. The predicted octanol–water partition coefficient (Wildman–Crippen LogP) is 4.29. The Balaban J connectivity index is 2.41. The van der Waals surface area contributed by atoms with Crippen LogP contribution in [0.2, 0.25) is 0 Å². The molecular formula is C13H11Br. The fourth-order valence-corrected chi connectivity index (χ4v) is 1.73. The van der Waals surface area contributed by atoms with Crippen molar-refractivity contribution in [3.63, 3.8) is 0 Å². The van der Waals surface area contributed by atoms with Gasteiger partial charge in [-0.3, -0.25) is 0 Å². The molecule has 0 bridgehead atoms. The van der Waals surface area contributed by atoms with Crippen molar-refractivity contribution in [2.24, 2.45) is 0 Å². The van der Waals surface area contributed by atoms with Gasteiger partial charge in [-0.1, -0.05) is 64.5 Å². The number of rotatable bonds is 2. The number of hydrogen-bond acceptors (Lipinski definition) is 0. The van der Waals surface area contributed by atoms with Gasteiger partial charge in [-0.2, -0.15) is 0 Å². The van der Waals surface area contributed by atoms with Gasteiger partial charge < -0.3 is 0 Å². The number of fused-ring (bicyclic) bond motifs is 1. The summed E-state index contributed by atoms with van der Waals surface area (Å²) < 4.78 is 0. The number of halogens is 1. The molecule has 70 valence electrons. The molecule has 0 fully saturated rings. The third-order valence-corrected chi connectivity index (χ3v) is 2.63. The average molecular weight is 247 g/mol. The topological polar surface area (TPSA) is 0 Å². The average Bonchev–Trinajstić information content (AvgIpc) is 2.26. The van der Waals surface area contributed by atoms with Crippen molar-refractivity contribution in [2.75, 3.05) is 0 Å². The highest BCUT2D eigenvalue weighted by Crippen LogP contribution is 2.16. The lowest BCUT2D eigenvalue weighted by Gasteiger charge is -2.00. The second kappa shape index (κ2) is 4.43. The van der Waals surface area contributed by atoms with Crippen LogP contribution in [-0.2, 0) is 6.42 Å². The van der Waals surface area contributed by atoms with Crippen LogP contribution in [0, 0.1) is 0 Å². The first-order valence-electron chi connectivity index (χ1n) is 4.63. The molecule has 0 radical (unpaired) electrons. The molecule has 0 saturated carbocycles. The van der Waals surface area contributed by atoms with Crippen LogP contribution in [0.5, 0.6) is 0 Å². The quantitative estimate of drug-likeness (QED) is 0.742. The maximum Gasteiger partial charge on any atom is -0.00890 e. The third kappa shape index (κ3) is 2.05. The summed E-state index contributed by atoms with van der Waals surface area (Å²) in [5.74, 6) is 0. The van der Waals surface area contributed by atoms with Gasteiger partial charge in [-0.25, -0.2) is 0 Å². The minimum Gasteiger partial charge on any atom is -0.0732 e. The summed E-state index contributed by atoms with van der Waals surface area (Å²) in [6.07, 6.45) is 3.08. The Labute approximate surface area is 92.4 Å². The van der Waals surface area contributed by atoms with Gasteiger partial charge >= 0.3 is 0 Å². The van der Waals surface area contributed by atoms with E-state index in [1.807, 2.05) is 4.99 Å². The van der Waals surface area contributed by atoms with E-state index in [2.05, 4.69) is 64.5 Å². The molecule has 0 aliphatic carbocycles. The molecule has 14 heavy (non-hydrogen) atoms. The first kappa shape index (κ1) is 9.47. The van der Waals surface area contributed by atoms with Crippen LogP contribution in [0.3, 0.4) is 0 Å². The van der Waals surface area contributed by atoms with Crippen LogP contribution in [0.15, 0.2) is 53.5 Å². The molecule has 0 nitrogen and oxygen atoms in total. The first-order chi connectivity index (χ1) is 6.90. The third-order valence-electron chi connectivity index (χ3n) is 2.26. The van der Waals surface area contributed by atoms with Crippen molar-refractivity contribution in [2.45, 2.75) is 6.42 Å². The van der Waals surface area contributed by atoms with Crippen LogP contribution >= 0.6 is 15.9 Å². The van der Waals surface area contributed by atoms with E-state index in [-0.39, 0.29) is 0 Å². The minimum atomic E-state index is 0.982. The summed E-state index contributed by atoms with van der Waals surface area (Å²) in [7, 11) is 0. The lowest BCUT2D eigenvalue weighted by molar-refractivity contribution is 1.29. The number of allylic oxidation sites excluding steroid dienone is 1. The molecule has 0 saturated heterocycles. The summed E-state index contributed by atoms with van der Waals surface area (Å²) >= 11 is 3.28. The van der Waals surface area contributed by atoms with Crippen molar-refractivity contribution in [1.82, 2.24) is 0 Å². The summed E-state index contributed by atoms with van der Waals surface area (Å²) in [5, 5.41) is 2.62. The van der Waals surface area contributed by atoms with E-state index < -0.39 is 0 Å². The van der Waals surface area contributed by atoms with Gasteiger partial charge in [0.1, 0.15) is 0 Å². The Hall–Kier alpha value is -1.08. The van der Waals surface area contributed by atoms with E-state index in [0.29, 0.717) is 0 Å². The highest BCUT2D eigenvalue weighted by molar-refractivity contribution is 9.11. The SMILES string of the molecule is BrC=CCc1ccc2ccccc2c1. The van der Waals surface area contributed by atoms with Crippen LogP contribution < -0.4 is 0 Å². The lowest BCUT2D eigenvalue weighted by atomic mass is 10.1. The predicted molar refractivity (Wildman–Crippen MR) is 65.7 cm³/mol. The molecule has 2 aromatic rings. The molecule has 0 aliphatic rings. The summed E-state index contributed by atoms with van der Waals surface area (Å²) in [6.45, 7) is 0. The van der Waals surface area contributed by atoms with Crippen molar-refractivity contribution >= 4 is 26.7 Å². The van der Waals surface area contributed by atoms with Gasteiger partial charge in [0.05, 0.1) is 0 Å². The Morgan fingerprint density at radius 2 is 1.79 bits per heavy atom. The van der Waals surface area contributed by atoms with Gasteiger partial charge in [0.2, 0.25) is 0 Å². The van der Waals surface area contributed by atoms with Crippen LogP contribution in [0.25, 0.3) is 10.8 Å². The van der Waals surface area contributed by atoms with Gasteiger partial charge in [0.15, 0.2) is 0 Å². The molecule has 0 unspecified atom stereocenters. The molecule has 0 atom stereocenters. The van der Waals surface area contributed by atoms with Crippen LogP contribution in [0.1, 0.15) is 5.56 Å². The van der Waals surface area contributed by atoms with E-state index in [0.717, 1.165) is 6.42 Å². The smallest absolute Gasteiger partial charge is 0.00890 e. The normalized spacial score (nSPS) is 11.2. The Kier molecular flexibility index (Phi) is 3.00. The summed E-state index contributed by atoms with van der Waals surface area (Å²) in [5.41, 5.74) is 1.35. The van der Waals surface area contributed by atoms with Gasteiger partial charge in [-0.05, 0) is 27.7 Å². The van der Waals surface area contributed by atoms with Crippen molar-refractivity contribution < 1.29 is 0 Å². The highest BCUT2D eigenvalue weighted by atomic mass is 79.9. The molecule has 2 aromatic carbocycles. The van der Waals surface area contributed by atoms with E-state index in [1.165, 1.54) is 16.3 Å². The zero-order chi connectivity index (χ0) is 9.80. The molecule has 0 heterocycles. The van der Waals surface area contributed by atoms with Gasteiger partial charge in [-0.15, -0.1) is 0 Å². The second-order valence-electron chi connectivity index (χ2n) is 3.25. The van der Waals surface area contributed by atoms with Crippen LogP contribution in [-0.4, -0.2) is 0 Å². The van der Waals surface area contributed by atoms with E-state index in [1.54, 1.807) is 0 Å². The number of benzene rings is 2. The monoisotopic (exact) mass is 246 g/mol. The fourth-order valence-electron chi connectivity index (χ4n) is 1.55. The Morgan fingerprint density at radius 1 is 1.00 bits per heavy atom. The van der Waals surface area contributed by atoms with E-state index in [4.69, 9.17) is 0 Å². The van der Waals surface area contributed by atoms with Crippen molar-refractivity contribution in [3.05, 3.63) is 59.1 Å². The van der Waals surface area contributed by atoms with E-state index >= 15 is 0 Å². The fraction of sp³-hybridized carbons (Fsp3) is 0.0769. The highest BCUT2D eigenvalue weighted by Gasteiger charge is 1.93. The molecule has 0 aliphatic heterocycles. The lowest BCUT2D eigenvalue weighted by Crippen LogP contribution is -1.80. The molecular weight excluding hydrogens is 236 g/mol.